The van der Waals surface area contributed by atoms with Crippen LogP contribution in [-0.2, 0) is 10.1 Å². The van der Waals surface area contributed by atoms with Crippen LogP contribution in [0, 0.1) is 0 Å². The molecule has 0 atom stereocenters. The van der Waals surface area contributed by atoms with Crippen LogP contribution in [-0.4, -0.2) is 41.9 Å². The topological polar surface area (TPSA) is 57.2 Å². The van der Waals surface area contributed by atoms with Gasteiger partial charge in [-0.05, 0) is 6.42 Å². The molecule has 0 heterocycles. The number of hydrogen-bond acceptors (Lipinski definition) is 3. The van der Waals surface area contributed by atoms with Crippen molar-refractivity contribution in [3.63, 3.8) is 0 Å². The first-order valence-corrected chi connectivity index (χ1v) is 7.56. The van der Waals surface area contributed by atoms with Crippen LogP contribution < -0.4 is 29.6 Å². The molecule has 0 spiro atoms. The third-order valence-electron chi connectivity index (χ3n) is 3.02. The van der Waals surface area contributed by atoms with E-state index < -0.39 is 51.9 Å². The average Bonchev–Trinajstić information content (AvgIpc) is 2.36. The van der Waals surface area contributed by atoms with E-state index >= 15 is 0 Å². The molecule has 0 aliphatic heterocycles. The van der Waals surface area contributed by atoms with Crippen molar-refractivity contribution < 1.29 is 86.4 Å². The van der Waals surface area contributed by atoms with Gasteiger partial charge in [0, 0.05) is 6.42 Å². The van der Waals surface area contributed by atoms with E-state index in [4.69, 9.17) is 0 Å². The molecule has 0 aromatic carbocycles. The molecule has 0 aromatic rings. The van der Waals surface area contributed by atoms with E-state index in [1.54, 1.807) is 0 Å². The number of hydrogen-bond donors (Lipinski definition) is 0. The molecule has 3 nitrogen and oxygen atoms in total. The molecule has 0 fully saturated rings. The Bertz CT molecular complexity index is 549. The van der Waals surface area contributed by atoms with Crippen LogP contribution in [0.15, 0.2) is 0 Å². The molecule has 0 amide bonds. The predicted octanol–water partition coefficient (Wildman–Crippen LogP) is 1.25. The smallest absolute Gasteiger partial charge is 0.743 e. The van der Waals surface area contributed by atoms with Gasteiger partial charge in [0.05, 0.1) is 0 Å². The molecular weight excluding hydrogens is 413 g/mol. The summed E-state index contributed by atoms with van der Waals surface area (Å²) in [5, 5.41) is -7.24. The third kappa shape index (κ3) is 4.55. The Hall–Kier alpha value is 0.210. The SMILES string of the molecule is CCCCCC(F)(F)C(F)(F)C(F)(F)C(F)(F)C(F)(F)S(=O)(=O)[O-].[Na+]. The van der Waals surface area contributed by atoms with Gasteiger partial charge in [0.2, 0.25) is 0 Å². The van der Waals surface area contributed by atoms with Crippen molar-refractivity contribution >= 4 is 10.1 Å². The summed E-state index contributed by atoms with van der Waals surface area (Å²) < 4.78 is 160. The van der Waals surface area contributed by atoms with E-state index in [1.165, 1.54) is 6.92 Å². The van der Waals surface area contributed by atoms with Gasteiger partial charge < -0.3 is 4.55 Å². The molecule has 25 heavy (non-hydrogen) atoms. The van der Waals surface area contributed by atoms with Crippen LogP contribution >= 0.6 is 0 Å². The first-order chi connectivity index (χ1) is 10.3. The first-order valence-electron chi connectivity index (χ1n) is 6.15. The Balaban J connectivity index is 0. The molecule has 0 radical (unpaired) electrons. The van der Waals surface area contributed by atoms with Crippen molar-refractivity contribution in [1.29, 1.82) is 0 Å². The summed E-state index contributed by atoms with van der Waals surface area (Å²) in [6, 6.07) is 0. The fourth-order valence-corrected chi connectivity index (χ4v) is 1.96. The maximum absolute atomic E-state index is 13.2. The molecule has 0 aromatic heterocycles. The molecule has 0 N–H and O–H groups in total. The molecule has 0 aliphatic carbocycles. The van der Waals surface area contributed by atoms with Crippen LogP contribution in [0.5, 0.6) is 0 Å². The second-order valence-electron chi connectivity index (χ2n) is 4.86. The Morgan fingerprint density at radius 3 is 1.48 bits per heavy atom. The van der Waals surface area contributed by atoms with Gasteiger partial charge in [-0.1, -0.05) is 19.8 Å². The van der Waals surface area contributed by atoms with Crippen LogP contribution in [0.25, 0.3) is 0 Å². The van der Waals surface area contributed by atoms with Crippen LogP contribution in [0.3, 0.4) is 0 Å². The fourth-order valence-electron chi connectivity index (χ4n) is 1.52. The van der Waals surface area contributed by atoms with Gasteiger partial charge in [-0.2, -0.15) is 43.9 Å². The zero-order chi connectivity index (χ0) is 19.8. The number of halogens is 10. The van der Waals surface area contributed by atoms with Gasteiger partial charge in [0.15, 0.2) is 10.1 Å². The molecule has 15 heteroatoms. The fraction of sp³-hybridized carbons (Fsp3) is 1.00. The average molecular weight is 424 g/mol. The van der Waals surface area contributed by atoms with Crippen molar-refractivity contribution in [2.24, 2.45) is 0 Å². The standard InChI is InChI=1S/C10H12F10O3S.Na/c1-2-3-4-5-6(11,12)7(13,14)8(15,16)9(17,18)10(19,20)24(21,22)23;/h2-5H2,1H3,(H,21,22,23);/q;+1/p-1. The third-order valence-corrected chi connectivity index (χ3v) is 3.91. The predicted molar refractivity (Wildman–Crippen MR) is 58.6 cm³/mol. The first kappa shape index (κ1) is 27.4. The number of unbranched alkanes of at least 4 members (excludes halogenated alkanes) is 2. The van der Waals surface area contributed by atoms with Crippen molar-refractivity contribution in [2.45, 2.75) is 61.6 Å². The van der Waals surface area contributed by atoms with Crippen LogP contribution in [0.4, 0.5) is 43.9 Å². The zero-order valence-electron chi connectivity index (χ0n) is 12.7. The number of rotatable bonds is 9. The molecule has 0 rings (SSSR count). The Morgan fingerprint density at radius 1 is 0.760 bits per heavy atom. The summed E-state index contributed by atoms with van der Waals surface area (Å²) >= 11 is 0. The van der Waals surface area contributed by atoms with Gasteiger partial charge in [-0.25, -0.2) is 8.42 Å². The minimum Gasteiger partial charge on any atom is -0.743 e. The minimum atomic E-state index is -7.59. The summed E-state index contributed by atoms with van der Waals surface area (Å²) in [5.74, 6) is -28.0. The van der Waals surface area contributed by atoms with E-state index in [9.17, 15) is 56.9 Å². The summed E-state index contributed by atoms with van der Waals surface area (Å²) in [6.07, 6.45) is -2.90. The quantitative estimate of drug-likeness (QED) is 0.242. The zero-order valence-corrected chi connectivity index (χ0v) is 15.6. The normalized spacial score (nSPS) is 15.0. The van der Waals surface area contributed by atoms with Gasteiger partial charge in [0.1, 0.15) is 0 Å². The Morgan fingerprint density at radius 2 is 1.16 bits per heavy atom. The summed E-state index contributed by atoms with van der Waals surface area (Å²) in [6.45, 7) is 1.40. The molecule has 0 saturated heterocycles. The van der Waals surface area contributed by atoms with E-state index in [-0.39, 0.29) is 42.4 Å². The largest absolute Gasteiger partial charge is 1.00 e. The van der Waals surface area contributed by atoms with Crippen molar-refractivity contribution in [3.05, 3.63) is 0 Å². The van der Waals surface area contributed by atoms with E-state index in [0.717, 1.165) is 0 Å². The Kier molecular flexibility index (Phi) is 8.85. The van der Waals surface area contributed by atoms with E-state index in [1.807, 2.05) is 0 Å². The molecule has 0 saturated carbocycles. The molecule has 0 aliphatic rings. The van der Waals surface area contributed by atoms with Crippen molar-refractivity contribution in [2.75, 3.05) is 0 Å². The maximum atomic E-state index is 13.2. The summed E-state index contributed by atoms with van der Waals surface area (Å²) in [7, 11) is -7.56. The van der Waals surface area contributed by atoms with Gasteiger partial charge in [-0.3, -0.25) is 0 Å². The van der Waals surface area contributed by atoms with Gasteiger partial charge in [0.25, 0.3) is 0 Å². The van der Waals surface area contributed by atoms with Gasteiger partial charge in [-0.15, -0.1) is 0 Å². The van der Waals surface area contributed by atoms with Crippen LogP contribution in [0.1, 0.15) is 32.6 Å². The Labute approximate surface area is 158 Å². The molecule has 0 unspecified atom stereocenters. The summed E-state index contributed by atoms with van der Waals surface area (Å²) in [4.78, 5) is 0. The molecule has 0 bridgehead atoms. The second kappa shape index (κ2) is 8.07. The van der Waals surface area contributed by atoms with Crippen molar-refractivity contribution in [3.8, 4) is 0 Å². The van der Waals surface area contributed by atoms with Gasteiger partial charge >= 0.3 is 58.5 Å². The number of alkyl halides is 10. The monoisotopic (exact) mass is 424 g/mol. The summed E-state index contributed by atoms with van der Waals surface area (Å²) in [5.41, 5.74) is 0. The molecule has 146 valence electrons. The van der Waals surface area contributed by atoms with Crippen molar-refractivity contribution in [1.82, 2.24) is 0 Å². The molecular formula is C10H11F10NaO3S. The maximum Gasteiger partial charge on any atom is 1.00 e. The second-order valence-corrected chi connectivity index (χ2v) is 6.28. The minimum absolute atomic E-state index is 0. The van der Waals surface area contributed by atoms with E-state index in [0.29, 0.717) is 0 Å². The van der Waals surface area contributed by atoms with Crippen LogP contribution in [0.2, 0.25) is 0 Å². The van der Waals surface area contributed by atoms with E-state index in [2.05, 4.69) is 0 Å².